The van der Waals surface area contributed by atoms with Crippen LogP contribution < -0.4 is 19.5 Å². The predicted octanol–water partition coefficient (Wildman–Crippen LogP) is 4.49. The molecule has 1 aromatic heterocycles. The number of methoxy groups -OCH3 is 3. The molecule has 172 valence electrons. The van der Waals surface area contributed by atoms with Crippen molar-refractivity contribution in [3.05, 3.63) is 69.7 Å². The number of hydrogen-bond acceptors (Lipinski definition) is 8. The molecular weight excluding hydrogens is 444 g/mol. The first-order valence-electron chi connectivity index (χ1n) is 9.90. The Morgan fingerprint density at radius 3 is 2.52 bits per heavy atom. The quantitative estimate of drug-likeness (QED) is 0.365. The number of rotatable bonds is 9. The second kappa shape index (κ2) is 11.1. The highest BCUT2D eigenvalue weighted by Crippen LogP contribution is 2.33. The van der Waals surface area contributed by atoms with Gasteiger partial charge in [0.1, 0.15) is 12.4 Å². The molecule has 1 amide bonds. The number of aromatic nitrogens is 1. The van der Waals surface area contributed by atoms with Crippen LogP contribution in [-0.4, -0.2) is 38.2 Å². The summed E-state index contributed by atoms with van der Waals surface area (Å²) in [7, 11) is 4.18. The van der Waals surface area contributed by atoms with E-state index in [1.807, 2.05) is 36.6 Å². The third-order valence-electron chi connectivity index (χ3n) is 4.53. The lowest BCUT2D eigenvalue weighted by molar-refractivity contribution is -0.111. The number of benzene rings is 2. The molecule has 2 aromatic carbocycles. The molecule has 0 spiro atoms. The van der Waals surface area contributed by atoms with Crippen LogP contribution in [0.4, 0.5) is 5.69 Å². The van der Waals surface area contributed by atoms with Gasteiger partial charge in [-0.15, -0.1) is 11.3 Å². The number of nitrogens with zero attached hydrogens (tertiary/aromatic N) is 1. The normalized spacial score (nSPS) is 10.7. The zero-order valence-electron chi connectivity index (χ0n) is 18.7. The highest BCUT2D eigenvalue weighted by molar-refractivity contribution is 7.09. The van der Waals surface area contributed by atoms with Crippen molar-refractivity contribution in [1.29, 1.82) is 0 Å². The number of aryl methyl sites for hydroxylation is 1. The van der Waals surface area contributed by atoms with Gasteiger partial charge >= 0.3 is 5.97 Å². The summed E-state index contributed by atoms with van der Waals surface area (Å²) in [6.45, 7) is 2.31. The standard InChI is InChI=1S/C24H24N2O6S/c1-15-25-17(14-33-15)13-32-18-7-5-6-16(10-18)8-9-23(27)26-20-12-22(30-3)21(29-2)11-19(20)24(28)31-4/h5-12,14H,13H2,1-4H3,(H,26,27)/b9-8+. The van der Waals surface area contributed by atoms with Crippen molar-refractivity contribution >= 4 is 35.0 Å². The van der Waals surface area contributed by atoms with Gasteiger partial charge in [0.15, 0.2) is 11.5 Å². The van der Waals surface area contributed by atoms with E-state index in [0.717, 1.165) is 16.3 Å². The number of amides is 1. The van der Waals surface area contributed by atoms with E-state index in [1.165, 1.54) is 39.5 Å². The maximum absolute atomic E-state index is 12.5. The molecular formula is C24H24N2O6S. The third kappa shape index (κ3) is 6.33. The van der Waals surface area contributed by atoms with Crippen molar-refractivity contribution in [2.75, 3.05) is 26.6 Å². The van der Waals surface area contributed by atoms with Crippen molar-refractivity contribution < 1.29 is 28.5 Å². The number of thiazole rings is 1. The highest BCUT2D eigenvalue weighted by atomic mass is 32.1. The number of anilines is 1. The van der Waals surface area contributed by atoms with E-state index in [9.17, 15) is 9.59 Å². The topological polar surface area (TPSA) is 96.0 Å². The van der Waals surface area contributed by atoms with Gasteiger partial charge < -0.3 is 24.3 Å². The zero-order valence-corrected chi connectivity index (χ0v) is 19.5. The molecule has 1 heterocycles. The van der Waals surface area contributed by atoms with Gasteiger partial charge in [-0.2, -0.15) is 0 Å². The molecule has 0 saturated heterocycles. The molecule has 0 unspecified atom stereocenters. The maximum atomic E-state index is 12.5. The summed E-state index contributed by atoms with van der Waals surface area (Å²) >= 11 is 1.57. The molecule has 0 bridgehead atoms. The van der Waals surface area contributed by atoms with Crippen LogP contribution in [0.5, 0.6) is 17.2 Å². The lowest BCUT2D eigenvalue weighted by Gasteiger charge is -2.14. The fourth-order valence-corrected chi connectivity index (χ4v) is 3.54. The average Bonchev–Trinajstić information content (AvgIpc) is 3.25. The van der Waals surface area contributed by atoms with Crippen molar-refractivity contribution in [2.24, 2.45) is 0 Å². The molecule has 0 aliphatic rings. The number of hydrogen-bond donors (Lipinski definition) is 1. The van der Waals surface area contributed by atoms with Crippen LogP contribution in [0.15, 0.2) is 47.9 Å². The minimum atomic E-state index is -0.615. The zero-order chi connectivity index (χ0) is 23.8. The molecule has 3 rings (SSSR count). The van der Waals surface area contributed by atoms with Crippen molar-refractivity contribution in [3.8, 4) is 17.2 Å². The van der Waals surface area contributed by atoms with Gasteiger partial charge in [-0.3, -0.25) is 4.79 Å². The number of esters is 1. The number of carbonyl (C=O) groups excluding carboxylic acids is 2. The predicted molar refractivity (Wildman–Crippen MR) is 126 cm³/mol. The molecule has 0 fully saturated rings. The molecule has 1 N–H and O–H groups in total. The Bertz CT molecular complexity index is 1170. The summed E-state index contributed by atoms with van der Waals surface area (Å²) in [5.74, 6) is 0.323. The van der Waals surface area contributed by atoms with Crippen LogP contribution in [0.1, 0.15) is 26.6 Å². The van der Waals surface area contributed by atoms with Crippen LogP contribution in [0.25, 0.3) is 6.08 Å². The minimum absolute atomic E-state index is 0.143. The molecule has 9 heteroatoms. The van der Waals surface area contributed by atoms with E-state index in [4.69, 9.17) is 18.9 Å². The first-order chi connectivity index (χ1) is 15.9. The lowest BCUT2D eigenvalue weighted by atomic mass is 10.1. The Morgan fingerprint density at radius 1 is 1.09 bits per heavy atom. The van der Waals surface area contributed by atoms with E-state index in [-0.39, 0.29) is 11.3 Å². The van der Waals surface area contributed by atoms with E-state index in [0.29, 0.717) is 23.9 Å². The smallest absolute Gasteiger partial charge is 0.340 e. The van der Waals surface area contributed by atoms with E-state index in [1.54, 1.807) is 17.4 Å². The molecule has 8 nitrogen and oxygen atoms in total. The summed E-state index contributed by atoms with van der Waals surface area (Å²) in [5.41, 5.74) is 2.03. The number of nitrogens with one attached hydrogen (secondary N) is 1. The van der Waals surface area contributed by atoms with Crippen molar-refractivity contribution in [2.45, 2.75) is 13.5 Å². The van der Waals surface area contributed by atoms with Crippen LogP contribution in [0, 0.1) is 6.92 Å². The Morgan fingerprint density at radius 2 is 1.85 bits per heavy atom. The molecule has 0 radical (unpaired) electrons. The lowest BCUT2D eigenvalue weighted by Crippen LogP contribution is -2.13. The Hall–Kier alpha value is -3.85. The fourth-order valence-electron chi connectivity index (χ4n) is 2.95. The second-order valence-corrected chi connectivity index (χ2v) is 7.85. The number of ether oxygens (including phenoxy) is 4. The summed E-state index contributed by atoms with van der Waals surface area (Å²) < 4.78 is 21.1. The summed E-state index contributed by atoms with van der Waals surface area (Å²) in [5, 5.41) is 5.63. The van der Waals surface area contributed by atoms with Gasteiger partial charge in [-0.1, -0.05) is 12.1 Å². The first kappa shape index (κ1) is 23.8. The fraction of sp³-hybridized carbons (Fsp3) is 0.208. The van der Waals surface area contributed by atoms with Crippen LogP contribution in [0.3, 0.4) is 0 Å². The average molecular weight is 469 g/mol. The summed E-state index contributed by atoms with van der Waals surface area (Å²) in [6.07, 6.45) is 3.01. The molecule has 0 aliphatic carbocycles. The largest absolute Gasteiger partial charge is 0.493 e. The van der Waals surface area contributed by atoms with Crippen LogP contribution in [0.2, 0.25) is 0 Å². The number of carbonyl (C=O) groups is 2. The van der Waals surface area contributed by atoms with Crippen LogP contribution >= 0.6 is 11.3 Å². The Labute approximate surface area is 195 Å². The van der Waals surface area contributed by atoms with E-state index in [2.05, 4.69) is 10.3 Å². The van der Waals surface area contributed by atoms with Crippen LogP contribution in [-0.2, 0) is 16.1 Å². The van der Waals surface area contributed by atoms with Gasteiger partial charge in [0, 0.05) is 23.6 Å². The molecule has 0 atom stereocenters. The van der Waals surface area contributed by atoms with Gasteiger partial charge in [0.25, 0.3) is 0 Å². The summed E-state index contributed by atoms with van der Waals surface area (Å²) in [4.78, 5) is 29.1. The van der Waals surface area contributed by atoms with E-state index < -0.39 is 11.9 Å². The molecule has 0 aliphatic heterocycles. The van der Waals surface area contributed by atoms with Gasteiger partial charge in [0.2, 0.25) is 5.91 Å². The molecule has 0 saturated carbocycles. The van der Waals surface area contributed by atoms with Crippen molar-refractivity contribution in [1.82, 2.24) is 4.98 Å². The minimum Gasteiger partial charge on any atom is -0.493 e. The summed E-state index contributed by atoms with van der Waals surface area (Å²) in [6, 6.07) is 10.3. The Balaban J connectivity index is 1.71. The Kier molecular flexibility index (Phi) is 8.04. The molecule has 33 heavy (non-hydrogen) atoms. The maximum Gasteiger partial charge on any atom is 0.340 e. The highest BCUT2D eigenvalue weighted by Gasteiger charge is 2.18. The SMILES string of the molecule is COC(=O)c1cc(OC)c(OC)cc1NC(=O)/C=C/c1cccc(OCc2csc(C)n2)c1. The first-order valence-corrected chi connectivity index (χ1v) is 10.8. The third-order valence-corrected chi connectivity index (χ3v) is 5.35. The molecule has 3 aromatic rings. The van der Waals surface area contributed by atoms with E-state index >= 15 is 0 Å². The monoisotopic (exact) mass is 468 g/mol. The second-order valence-electron chi connectivity index (χ2n) is 6.79. The van der Waals surface area contributed by atoms with Gasteiger partial charge in [-0.25, -0.2) is 9.78 Å². The van der Waals surface area contributed by atoms with Gasteiger partial charge in [-0.05, 0) is 30.7 Å². The van der Waals surface area contributed by atoms with Crippen molar-refractivity contribution in [3.63, 3.8) is 0 Å². The van der Waals surface area contributed by atoms with Gasteiger partial charge in [0.05, 0.1) is 43.3 Å².